The fourth-order valence-electron chi connectivity index (χ4n) is 2.12. The van der Waals surface area contributed by atoms with Crippen LogP contribution in [0.4, 0.5) is 0 Å². The Morgan fingerprint density at radius 3 is 2.82 bits per heavy atom. The first kappa shape index (κ1) is 16.4. The van der Waals surface area contributed by atoms with Crippen molar-refractivity contribution in [3.8, 4) is 17.7 Å². The number of aromatic nitrogens is 2. The Morgan fingerprint density at radius 1 is 1.41 bits per heavy atom. The van der Waals surface area contributed by atoms with Crippen LogP contribution in [0.15, 0.2) is 18.2 Å². The van der Waals surface area contributed by atoms with Crippen molar-refractivity contribution in [2.75, 3.05) is 6.61 Å². The Hall–Kier alpha value is -1.97. The van der Waals surface area contributed by atoms with Crippen LogP contribution < -0.4 is 4.74 Å². The lowest BCUT2D eigenvalue weighted by molar-refractivity contribution is 0.351. The van der Waals surface area contributed by atoms with Crippen LogP contribution in [-0.2, 0) is 17.6 Å². The number of hydrogen-bond acceptors (Lipinski definition) is 4. The molecule has 0 saturated carbocycles. The van der Waals surface area contributed by atoms with Gasteiger partial charge in [0.25, 0.3) is 8.05 Å². The molecule has 0 bridgehead atoms. The number of hydrogen-bond donors (Lipinski definition) is 0. The van der Waals surface area contributed by atoms with E-state index < -0.39 is 0 Å². The molecule has 0 spiro atoms. The largest absolute Gasteiger partial charge is 0.447 e. The molecule has 7 heteroatoms. The highest BCUT2D eigenvalue weighted by Crippen LogP contribution is 2.30. The summed E-state index contributed by atoms with van der Waals surface area (Å²) in [5, 5.41) is 13.9. The average Bonchev–Trinajstić information content (AvgIpc) is 2.80. The molecule has 5 nitrogen and oxygen atoms in total. The highest BCUT2D eigenvalue weighted by molar-refractivity contribution is 6.30. The highest BCUT2D eigenvalue weighted by Gasteiger charge is 2.16. The van der Waals surface area contributed by atoms with Crippen LogP contribution in [0.1, 0.15) is 23.7 Å². The molecule has 0 N–H and O–H groups in total. The highest BCUT2D eigenvalue weighted by atomic mass is 35.5. The first-order valence-electron chi connectivity index (χ1n) is 6.85. The second-order valence-corrected chi connectivity index (χ2v) is 5.14. The van der Waals surface area contributed by atoms with E-state index in [1.807, 2.05) is 13.8 Å². The minimum absolute atomic E-state index is 0.386. The molecular formula is C15H15BClN3O2. The first-order chi connectivity index (χ1) is 10.6. The lowest BCUT2D eigenvalue weighted by atomic mass is 10.2. The van der Waals surface area contributed by atoms with Gasteiger partial charge < -0.3 is 9.39 Å². The molecule has 1 aromatic heterocycles. The van der Waals surface area contributed by atoms with Gasteiger partial charge in [0, 0.05) is 30.2 Å². The summed E-state index contributed by atoms with van der Waals surface area (Å²) in [6.45, 7) is 4.94. The summed E-state index contributed by atoms with van der Waals surface area (Å²) >= 11 is 6.00. The number of aryl methyl sites for hydroxylation is 1. The first-order valence-corrected chi connectivity index (χ1v) is 7.23. The lowest BCUT2D eigenvalue weighted by Gasteiger charge is -2.09. The van der Waals surface area contributed by atoms with E-state index in [4.69, 9.17) is 29.6 Å². The molecule has 0 fully saturated rings. The standard InChI is InChI=1S/C15H15BClN3O2/c1-3-20-15(10(2)14(19-20)4-5-21-16)22-13-7-11(9-18)6-12(17)8-13/h6-8H,3-5H2,1-2H3. The minimum atomic E-state index is 0.386. The number of nitriles is 1. The van der Waals surface area contributed by atoms with Gasteiger partial charge in [-0.1, -0.05) is 11.6 Å². The van der Waals surface area contributed by atoms with E-state index in [1.165, 1.54) is 0 Å². The molecule has 2 radical (unpaired) electrons. The third-order valence-electron chi connectivity index (χ3n) is 3.20. The van der Waals surface area contributed by atoms with Crippen LogP contribution in [0.5, 0.6) is 11.6 Å². The van der Waals surface area contributed by atoms with Gasteiger partial charge in [-0.3, -0.25) is 0 Å². The summed E-state index contributed by atoms with van der Waals surface area (Å²) in [7, 11) is 5.06. The Kier molecular flexibility index (Phi) is 5.48. The van der Waals surface area contributed by atoms with Crippen molar-refractivity contribution >= 4 is 19.7 Å². The molecule has 2 aromatic rings. The Morgan fingerprint density at radius 2 is 2.18 bits per heavy atom. The number of ether oxygens (including phenoxy) is 1. The number of rotatable bonds is 6. The normalized spacial score (nSPS) is 10.5. The van der Waals surface area contributed by atoms with Gasteiger partial charge in [-0.2, -0.15) is 10.4 Å². The molecule has 0 saturated heterocycles. The van der Waals surface area contributed by atoms with Crippen molar-refractivity contribution in [2.45, 2.75) is 26.8 Å². The average molecular weight is 316 g/mol. The van der Waals surface area contributed by atoms with Gasteiger partial charge in [-0.25, -0.2) is 4.68 Å². The lowest BCUT2D eigenvalue weighted by Crippen LogP contribution is -2.01. The van der Waals surface area contributed by atoms with Crippen LogP contribution in [0.3, 0.4) is 0 Å². The molecule has 22 heavy (non-hydrogen) atoms. The van der Waals surface area contributed by atoms with Crippen molar-refractivity contribution < 1.29 is 9.39 Å². The summed E-state index contributed by atoms with van der Waals surface area (Å²) in [6, 6.07) is 6.94. The molecule has 0 aliphatic rings. The van der Waals surface area contributed by atoms with Gasteiger partial charge in [0.05, 0.1) is 17.3 Å². The van der Waals surface area contributed by atoms with E-state index in [2.05, 4.69) is 15.8 Å². The molecule has 0 unspecified atom stereocenters. The molecule has 0 amide bonds. The van der Waals surface area contributed by atoms with Crippen LogP contribution in [-0.4, -0.2) is 24.4 Å². The predicted molar refractivity (Wildman–Crippen MR) is 84.3 cm³/mol. The second-order valence-electron chi connectivity index (χ2n) is 4.70. The maximum absolute atomic E-state index is 9.00. The van der Waals surface area contributed by atoms with E-state index in [9.17, 15) is 0 Å². The van der Waals surface area contributed by atoms with Crippen LogP contribution >= 0.6 is 11.6 Å². The Labute approximate surface area is 135 Å². The summed E-state index contributed by atoms with van der Waals surface area (Å²) in [5.41, 5.74) is 2.22. The van der Waals surface area contributed by atoms with Crippen LogP contribution in [0.2, 0.25) is 5.02 Å². The monoisotopic (exact) mass is 315 g/mol. The van der Waals surface area contributed by atoms with E-state index in [0.29, 0.717) is 41.8 Å². The zero-order chi connectivity index (χ0) is 16.1. The Balaban J connectivity index is 2.34. The van der Waals surface area contributed by atoms with Crippen molar-refractivity contribution in [1.29, 1.82) is 5.26 Å². The predicted octanol–water partition coefficient (Wildman–Crippen LogP) is 3.17. The third kappa shape index (κ3) is 3.62. The molecule has 112 valence electrons. The number of halogens is 1. The molecule has 2 rings (SSSR count). The van der Waals surface area contributed by atoms with E-state index in [1.54, 1.807) is 22.9 Å². The van der Waals surface area contributed by atoms with E-state index in [0.717, 1.165) is 11.3 Å². The zero-order valence-electron chi connectivity index (χ0n) is 12.5. The maximum atomic E-state index is 9.00. The maximum Gasteiger partial charge on any atom is 0.282 e. The SMILES string of the molecule is [B]OCCc1nn(CC)c(Oc2cc(Cl)cc(C#N)c2)c1C. The van der Waals surface area contributed by atoms with Gasteiger partial charge in [0.2, 0.25) is 5.88 Å². The summed E-state index contributed by atoms with van der Waals surface area (Å²) in [5.74, 6) is 1.13. The molecule has 1 aromatic carbocycles. The number of benzene rings is 1. The van der Waals surface area contributed by atoms with Crippen LogP contribution in [0.25, 0.3) is 0 Å². The minimum Gasteiger partial charge on any atom is -0.447 e. The van der Waals surface area contributed by atoms with Crippen LogP contribution in [0, 0.1) is 18.3 Å². The molecular weight excluding hydrogens is 300 g/mol. The molecule has 0 aliphatic carbocycles. The van der Waals surface area contributed by atoms with Crippen molar-refractivity contribution in [3.05, 3.63) is 40.0 Å². The summed E-state index contributed by atoms with van der Waals surface area (Å²) in [4.78, 5) is 0. The van der Waals surface area contributed by atoms with Crippen molar-refractivity contribution in [1.82, 2.24) is 9.78 Å². The van der Waals surface area contributed by atoms with E-state index >= 15 is 0 Å². The topological polar surface area (TPSA) is 60.1 Å². The zero-order valence-corrected chi connectivity index (χ0v) is 13.2. The van der Waals surface area contributed by atoms with E-state index in [-0.39, 0.29) is 0 Å². The van der Waals surface area contributed by atoms with Gasteiger partial charge in [0.1, 0.15) is 5.75 Å². The number of nitrogens with zero attached hydrogens (tertiary/aromatic N) is 3. The quantitative estimate of drug-likeness (QED) is 0.768. The summed E-state index contributed by atoms with van der Waals surface area (Å²) < 4.78 is 12.3. The second kappa shape index (κ2) is 7.34. The molecule has 0 aliphatic heterocycles. The third-order valence-corrected chi connectivity index (χ3v) is 3.42. The Bertz CT molecular complexity index is 710. The summed E-state index contributed by atoms with van der Waals surface area (Å²) in [6.07, 6.45) is 0.602. The molecule has 0 atom stereocenters. The van der Waals surface area contributed by atoms with Gasteiger partial charge in [-0.15, -0.1) is 0 Å². The fourth-order valence-corrected chi connectivity index (χ4v) is 2.34. The molecule has 1 heterocycles. The van der Waals surface area contributed by atoms with Crippen molar-refractivity contribution in [3.63, 3.8) is 0 Å². The van der Waals surface area contributed by atoms with Gasteiger partial charge in [-0.05, 0) is 32.0 Å². The van der Waals surface area contributed by atoms with Gasteiger partial charge in [0.15, 0.2) is 0 Å². The smallest absolute Gasteiger partial charge is 0.282 e. The van der Waals surface area contributed by atoms with Gasteiger partial charge >= 0.3 is 0 Å². The van der Waals surface area contributed by atoms with Crippen molar-refractivity contribution in [2.24, 2.45) is 0 Å². The fraction of sp³-hybridized carbons (Fsp3) is 0.333.